The normalized spacial score (nSPS) is 11.7. The van der Waals surface area contributed by atoms with Crippen LogP contribution in [-0.4, -0.2) is 8.76 Å². The van der Waals surface area contributed by atoms with Crippen molar-refractivity contribution in [2.45, 2.75) is 5.75 Å². The van der Waals surface area contributed by atoms with Crippen LogP contribution in [-0.2, 0) is 36.3 Å². The number of benzene rings is 1. The summed E-state index contributed by atoms with van der Waals surface area (Å²) in [5.41, 5.74) is 0.892. The first kappa shape index (κ1) is 11.0. The van der Waals surface area contributed by atoms with Gasteiger partial charge < -0.3 is 4.55 Å². The van der Waals surface area contributed by atoms with Gasteiger partial charge >= 0.3 is 0 Å². The summed E-state index contributed by atoms with van der Waals surface area (Å²) < 4.78 is 18.8. The first-order chi connectivity index (χ1) is 4.79. The molecule has 1 rings (SSSR count). The van der Waals surface area contributed by atoms with Crippen LogP contribution in [0.1, 0.15) is 5.56 Å². The van der Waals surface area contributed by atoms with Crippen LogP contribution in [0.4, 0.5) is 0 Å². The van der Waals surface area contributed by atoms with Gasteiger partial charge in [0.1, 0.15) is 0 Å². The van der Waals surface area contributed by atoms with Crippen LogP contribution in [0, 0.1) is 0 Å². The van der Waals surface area contributed by atoms with Crippen molar-refractivity contribution in [2.24, 2.45) is 0 Å². The third-order valence-electron chi connectivity index (χ3n) is 1.13. The molecule has 56 valence electrons. The molecule has 2 nitrogen and oxygen atoms in total. The summed E-state index contributed by atoms with van der Waals surface area (Å²) >= 11 is -1.72. The van der Waals surface area contributed by atoms with E-state index in [1.165, 1.54) is 0 Å². The summed E-state index contributed by atoms with van der Waals surface area (Å²) in [6.07, 6.45) is 0. The van der Waals surface area contributed by atoms with E-state index in [1.54, 1.807) is 0 Å². The van der Waals surface area contributed by atoms with E-state index in [4.69, 9.17) is 4.55 Å². The Labute approximate surface area is 81.1 Å². The molecule has 0 bridgehead atoms. The molecule has 0 saturated carbocycles. The summed E-state index contributed by atoms with van der Waals surface area (Å²) in [6.45, 7) is 0. The summed E-state index contributed by atoms with van der Waals surface area (Å²) in [4.78, 5) is 0. The number of rotatable bonds is 2. The van der Waals surface area contributed by atoms with Crippen molar-refractivity contribution in [1.29, 1.82) is 0 Å². The second kappa shape index (κ2) is 5.58. The minimum atomic E-state index is -1.72. The van der Waals surface area contributed by atoms with Crippen LogP contribution < -0.4 is 0 Å². The quantitative estimate of drug-likeness (QED) is 0.606. The molecule has 0 radical (unpaired) electrons. The Morgan fingerprint density at radius 2 is 1.82 bits per heavy atom. The van der Waals surface area contributed by atoms with Gasteiger partial charge in [-0.3, -0.25) is 0 Å². The molecule has 0 aliphatic rings. The van der Waals surface area contributed by atoms with E-state index in [1.807, 2.05) is 30.3 Å². The zero-order valence-electron chi connectivity index (χ0n) is 6.06. The van der Waals surface area contributed by atoms with E-state index in [2.05, 4.69) is 0 Å². The Bertz CT molecular complexity index is 225. The molecule has 1 atom stereocenters. The molecule has 1 N–H and O–H groups in total. The molecular weight excluding hydrogens is 214 g/mol. The standard InChI is InChI=1S/C7H8O2S.Zn/c8-10(9)6-7-4-2-1-3-5-7;/h1-5H,6H2,(H,8,9);. The van der Waals surface area contributed by atoms with Crippen LogP contribution in [0.25, 0.3) is 0 Å². The van der Waals surface area contributed by atoms with E-state index in [0.29, 0.717) is 0 Å². The molecule has 0 heterocycles. The van der Waals surface area contributed by atoms with Gasteiger partial charge in [0.25, 0.3) is 0 Å². The second-order valence-electron chi connectivity index (χ2n) is 1.95. The fourth-order valence-electron chi connectivity index (χ4n) is 0.717. The van der Waals surface area contributed by atoms with Crippen molar-refractivity contribution in [3.63, 3.8) is 0 Å². The number of hydrogen-bond donors (Lipinski definition) is 1. The molecule has 0 saturated heterocycles. The van der Waals surface area contributed by atoms with Gasteiger partial charge in [-0.2, -0.15) is 0 Å². The summed E-state index contributed by atoms with van der Waals surface area (Å²) in [7, 11) is 0. The van der Waals surface area contributed by atoms with Crippen LogP contribution in [0.2, 0.25) is 0 Å². The molecule has 0 amide bonds. The predicted octanol–water partition coefficient (Wildman–Crippen LogP) is 1.41. The van der Waals surface area contributed by atoms with Gasteiger partial charge in [-0.25, -0.2) is 4.21 Å². The molecule has 0 fully saturated rings. The molecule has 0 spiro atoms. The van der Waals surface area contributed by atoms with Crippen LogP contribution in [0.5, 0.6) is 0 Å². The zero-order chi connectivity index (χ0) is 7.40. The topological polar surface area (TPSA) is 37.3 Å². The molecular formula is C7H8O2SZn. The van der Waals surface area contributed by atoms with Gasteiger partial charge in [-0.05, 0) is 5.56 Å². The van der Waals surface area contributed by atoms with Crippen LogP contribution in [0.15, 0.2) is 30.3 Å². The molecule has 4 heteroatoms. The van der Waals surface area contributed by atoms with Crippen molar-refractivity contribution in [2.75, 3.05) is 0 Å². The van der Waals surface area contributed by atoms with E-state index < -0.39 is 11.1 Å². The first-order valence-corrected chi connectivity index (χ1v) is 4.18. The Hall–Kier alpha value is -0.0466. The smallest absolute Gasteiger partial charge is 0.157 e. The monoisotopic (exact) mass is 220 g/mol. The molecule has 0 aliphatic heterocycles. The van der Waals surface area contributed by atoms with E-state index in [-0.39, 0.29) is 25.2 Å². The van der Waals surface area contributed by atoms with Gasteiger partial charge in [0.2, 0.25) is 0 Å². The zero-order valence-corrected chi connectivity index (χ0v) is 9.85. The van der Waals surface area contributed by atoms with E-state index >= 15 is 0 Å². The average Bonchev–Trinajstić information content (AvgIpc) is 1.88. The van der Waals surface area contributed by atoms with Crippen LogP contribution in [0.3, 0.4) is 0 Å². The van der Waals surface area contributed by atoms with Gasteiger partial charge in [-0.1, -0.05) is 30.3 Å². The maximum atomic E-state index is 10.3. The van der Waals surface area contributed by atoms with Crippen LogP contribution >= 0.6 is 0 Å². The average molecular weight is 222 g/mol. The third-order valence-corrected chi connectivity index (χ3v) is 1.71. The second-order valence-corrected chi connectivity index (χ2v) is 2.88. The maximum absolute atomic E-state index is 10.3. The fraction of sp³-hybridized carbons (Fsp3) is 0.143. The molecule has 1 aromatic carbocycles. The minimum absolute atomic E-state index is 0. The molecule has 11 heavy (non-hydrogen) atoms. The fourth-order valence-corrected chi connectivity index (χ4v) is 1.19. The predicted molar refractivity (Wildman–Crippen MR) is 40.9 cm³/mol. The summed E-state index contributed by atoms with van der Waals surface area (Å²) in [6, 6.07) is 9.23. The number of hydrogen-bond acceptors (Lipinski definition) is 1. The van der Waals surface area contributed by atoms with Gasteiger partial charge in [0.15, 0.2) is 11.1 Å². The Kier molecular flexibility index (Phi) is 5.56. The first-order valence-electron chi connectivity index (χ1n) is 2.90. The maximum Gasteiger partial charge on any atom is 0.157 e. The van der Waals surface area contributed by atoms with E-state index in [0.717, 1.165) is 5.56 Å². The molecule has 0 aliphatic carbocycles. The van der Waals surface area contributed by atoms with Crippen molar-refractivity contribution < 1.29 is 28.2 Å². The third kappa shape index (κ3) is 4.41. The van der Waals surface area contributed by atoms with Crippen molar-refractivity contribution >= 4 is 11.1 Å². The van der Waals surface area contributed by atoms with Gasteiger partial charge in [-0.15, -0.1) is 0 Å². The SMILES string of the molecule is O=S(O)Cc1ccccc1.[Zn]. The van der Waals surface area contributed by atoms with Crippen molar-refractivity contribution in [1.82, 2.24) is 0 Å². The van der Waals surface area contributed by atoms with E-state index in [9.17, 15) is 4.21 Å². The van der Waals surface area contributed by atoms with Gasteiger partial charge in [0.05, 0.1) is 5.75 Å². The largest absolute Gasteiger partial charge is 0.306 e. The summed E-state index contributed by atoms with van der Waals surface area (Å²) in [5, 5.41) is 0. The summed E-state index contributed by atoms with van der Waals surface area (Å²) in [5.74, 6) is 0.223. The Balaban J connectivity index is 0.000001000. The molecule has 1 aromatic rings. The molecule has 0 aromatic heterocycles. The van der Waals surface area contributed by atoms with Crippen molar-refractivity contribution in [3.05, 3.63) is 35.9 Å². The minimum Gasteiger partial charge on any atom is -0.306 e. The van der Waals surface area contributed by atoms with Crippen molar-refractivity contribution in [3.8, 4) is 0 Å². The Morgan fingerprint density at radius 3 is 2.27 bits per heavy atom. The molecule has 1 unspecified atom stereocenters. The Morgan fingerprint density at radius 1 is 1.27 bits per heavy atom. The van der Waals surface area contributed by atoms with Gasteiger partial charge in [0, 0.05) is 19.5 Å².